The fourth-order valence-electron chi connectivity index (χ4n) is 9.55. The molecule has 0 bridgehead atoms. The zero-order chi connectivity index (χ0) is 42.7. The fourth-order valence-corrected chi connectivity index (χ4v) is 9.55. The van der Waals surface area contributed by atoms with Crippen LogP contribution in [-0.4, -0.2) is 19.5 Å². The van der Waals surface area contributed by atoms with Gasteiger partial charge in [-0.2, -0.15) is 9.97 Å². The Morgan fingerprint density at radius 1 is 0.344 bits per heavy atom. The van der Waals surface area contributed by atoms with Crippen molar-refractivity contribution in [3.8, 4) is 51.0 Å². The summed E-state index contributed by atoms with van der Waals surface area (Å²) < 4.78 is 8.61. The number of para-hydroxylation sites is 2. The van der Waals surface area contributed by atoms with E-state index in [-0.39, 0.29) is 0 Å². The fraction of sp³-hybridized carbons (Fsp3) is 0.0339. The van der Waals surface area contributed by atoms with Crippen LogP contribution in [0.2, 0.25) is 0 Å². The second kappa shape index (κ2) is 15.2. The summed E-state index contributed by atoms with van der Waals surface area (Å²) in [6, 6.07) is 72.8. The Hall–Kier alpha value is -8.41. The van der Waals surface area contributed by atoms with E-state index in [2.05, 4.69) is 193 Å². The minimum absolute atomic E-state index is 0.549. The molecule has 10 aromatic carbocycles. The van der Waals surface area contributed by atoms with Crippen molar-refractivity contribution in [1.29, 1.82) is 0 Å². The van der Waals surface area contributed by atoms with E-state index < -0.39 is 0 Å². The lowest BCUT2D eigenvalue weighted by Gasteiger charge is -2.14. The summed E-state index contributed by atoms with van der Waals surface area (Å²) in [4.78, 5) is 16.2. The standard InChI is InChI=1S/C57H34N4O.C2H6/c1-2-13-35(14-3-1)37-25-28-38(29-26-37)55-58-56(41-30-27-36-15-4-5-16-39(36)33-41)60-57(59-55)61-53-42(40-31-32-51-49(34-40)45-19-10-11-24-50(45)62-51)22-12-23-48(53)52-46-20-8-6-17-43(46)44-18-7-9-21-47(44)54(52)61;1-2/h1-34H;1-2H3. The molecule has 5 nitrogen and oxygen atoms in total. The molecule has 0 aliphatic carbocycles. The quantitative estimate of drug-likeness (QED) is 0.162. The van der Waals surface area contributed by atoms with E-state index in [9.17, 15) is 0 Å². The number of aromatic nitrogens is 4. The number of hydrogen-bond donors (Lipinski definition) is 0. The van der Waals surface area contributed by atoms with Crippen LogP contribution in [-0.2, 0) is 0 Å². The monoisotopic (exact) mass is 820 g/mol. The molecular formula is C59H40N4O. The number of rotatable bonds is 5. The number of furan rings is 1. The first-order valence-corrected chi connectivity index (χ1v) is 21.9. The van der Waals surface area contributed by atoms with E-state index in [1.165, 1.54) is 16.2 Å². The molecule has 64 heavy (non-hydrogen) atoms. The van der Waals surface area contributed by atoms with Gasteiger partial charge in [-0.05, 0) is 67.9 Å². The van der Waals surface area contributed by atoms with Gasteiger partial charge in [-0.1, -0.05) is 196 Å². The second-order valence-corrected chi connectivity index (χ2v) is 15.9. The SMILES string of the molecule is CC.c1ccc(-c2ccc(-c3nc(-c4ccc5ccccc5c4)nc(-n4c5c(-c6ccc7oc8ccccc8c7c6)cccc5c5c6ccccc6c6ccccc6c54)n3)cc2)cc1. The zero-order valence-electron chi connectivity index (χ0n) is 35.3. The highest BCUT2D eigenvalue weighted by atomic mass is 16.3. The first-order chi connectivity index (χ1) is 31.7. The van der Waals surface area contributed by atoms with Crippen molar-refractivity contribution in [1.82, 2.24) is 19.5 Å². The highest BCUT2D eigenvalue weighted by Gasteiger charge is 2.24. The van der Waals surface area contributed by atoms with Crippen molar-refractivity contribution in [2.24, 2.45) is 0 Å². The van der Waals surface area contributed by atoms with Gasteiger partial charge in [-0.25, -0.2) is 4.98 Å². The van der Waals surface area contributed by atoms with Crippen molar-refractivity contribution in [2.75, 3.05) is 0 Å². The number of nitrogens with zero attached hydrogens (tertiary/aromatic N) is 4. The van der Waals surface area contributed by atoms with Crippen molar-refractivity contribution < 1.29 is 4.42 Å². The summed E-state index contributed by atoms with van der Waals surface area (Å²) in [6.45, 7) is 4.00. The highest BCUT2D eigenvalue weighted by Crippen LogP contribution is 2.45. The molecule has 0 unspecified atom stereocenters. The smallest absolute Gasteiger partial charge is 0.238 e. The van der Waals surface area contributed by atoms with Crippen LogP contribution in [0.25, 0.3) is 127 Å². The van der Waals surface area contributed by atoms with Gasteiger partial charge in [-0.3, -0.25) is 4.57 Å². The number of benzene rings is 10. The Balaban J connectivity index is 0.00000214. The average molecular weight is 821 g/mol. The zero-order valence-corrected chi connectivity index (χ0v) is 35.3. The lowest BCUT2D eigenvalue weighted by molar-refractivity contribution is 0.669. The summed E-state index contributed by atoms with van der Waals surface area (Å²) in [5.74, 6) is 1.75. The summed E-state index contributed by atoms with van der Waals surface area (Å²) >= 11 is 0. The van der Waals surface area contributed by atoms with Crippen LogP contribution in [0.15, 0.2) is 211 Å². The molecule has 0 fully saturated rings. The average Bonchev–Trinajstić information content (AvgIpc) is 3.93. The maximum absolute atomic E-state index is 6.31. The third-order valence-corrected chi connectivity index (χ3v) is 12.4. The summed E-state index contributed by atoms with van der Waals surface area (Å²) in [5.41, 5.74) is 10.1. The van der Waals surface area contributed by atoms with Crippen LogP contribution < -0.4 is 0 Å². The van der Waals surface area contributed by atoms with Gasteiger partial charge < -0.3 is 4.42 Å². The molecule has 0 saturated carbocycles. The molecule has 0 atom stereocenters. The second-order valence-electron chi connectivity index (χ2n) is 15.9. The van der Waals surface area contributed by atoms with Gasteiger partial charge in [0.25, 0.3) is 0 Å². The van der Waals surface area contributed by atoms with Crippen LogP contribution in [0, 0.1) is 0 Å². The predicted octanol–water partition coefficient (Wildman–Crippen LogP) is 16.0. The van der Waals surface area contributed by atoms with Gasteiger partial charge in [0.1, 0.15) is 11.2 Å². The minimum Gasteiger partial charge on any atom is -0.456 e. The molecule has 0 spiro atoms. The molecule has 0 aliphatic rings. The molecule has 0 N–H and O–H groups in total. The summed E-state index contributed by atoms with van der Waals surface area (Å²) in [6.07, 6.45) is 0. The summed E-state index contributed by atoms with van der Waals surface area (Å²) in [7, 11) is 0. The molecule has 13 aromatic rings. The first kappa shape index (κ1) is 37.4. The van der Waals surface area contributed by atoms with Crippen molar-refractivity contribution >= 4 is 76.1 Å². The third kappa shape index (κ3) is 5.97. The minimum atomic E-state index is 0.549. The Kier molecular flexibility index (Phi) is 8.87. The number of fused-ring (bicyclic) bond motifs is 12. The molecule has 5 heteroatoms. The Labute approximate surface area is 369 Å². The lowest BCUT2D eigenvalue weighted by Crippen LogP contribution is -2.07. The van der Waals surface area contributed by atoms with E-state index in [0.717, 1.165) is 93.3 Å². The van der Waals surface area contributed by atoms with Crippen molar-refractivity contribution in [3.63, 3.8) is 0 Å². The largest absolute Gasteiger partial charge is 0.456 e. The van der Waals surface area contributed by atoms with E-state index in [0.29, 0.717) is 17.6 Å². The maximum atomic E-state index is 6.31. The topological polar surface area (TPSA) is 56.7 Å². The van der Waals surface area contributed by atoms with Crippen molar-refractivity contribution in [3.05, 3.63) is 206 Å². The van der Waals surface area contributed by atoms with E-state index in [4.69, 9.17) is 19.4 Å². The maximum Gasteiger partial charge on any atom is 0.238 e. The molecule has 3 aromatic heterocycles. The van der Waals surface area contributed by atoms with E-state index in [1.54, 1.807) is 0 Å². The molecule has 0 aliphatic heterocycles. The Morgan fingerprint density at radius 3 is 1.70 bits per heavy atom. The molecule has 3 heterocycles. The van der Waals surface area contributed by atoms with Crippen LogP contribution in [0.5, 0.6) is 0 Å². The third-order valence-electron chi connectivity index (χ3n) is 12.4. The Bertz CT molecular complexity index is 3920. The predicted molar refractivity (Wildman–Crippen MR) is 267 cm³/mol. The van der Waals surface area contributed by atoms with Gasteiger partial charge in [0.05, 0.1) is 11.0 Å². The van der Waals surface area contributed by atoms with Crippen molar-refractivity contribution in [2.45, 2.75) is 13.8 Å². The highest BCUT2D eigenvalue weighted by molar-refractivity contribution is 6.33. The molecular weight excluding hydrogens is 781 g/mol. The van der Waals surface area contributed by atoms with Gasteiger partial charge in [-0.15, -0.1) is 0 Å². The van der Waals surface area contributed by atoms with Crippen LogP contribution in [0.1, 0.15) is 13.8 Å². The normalized spacial score (nSPS) is 11.6. The molecule has 0 saturated heterocycles. The first-order valence-electron chi connectivity index (χ1n) is 21.9. The summed E-state index contributed by atoms with van der Waals surface area (Å²) in [5, 5.41) is 11.4. The van der Waals surface area contributed by atoms with E-state index >= 15 is 0 Å². The molecule has 0 amide bonds. The van der Waals surface area contributed by atoms with Gasteiger partial charge in [0.2, 0.25) is 5.95 Å². The molecule has 302 valence electrons. The van der Waals surface area contributed by atoms with Crippen LogP contribution in [0.3, 0.4) is 0 Å². The van der Waals surface area contributed by atoms with Crippen LogP contribution >= 0.6 is 0 Å². The van der Waals surface area contributed by atoms with Gasteiger partial charge >= 0.3 is 0 Å². The Morgan fingerprint density at radius 2 is 0.906 bits per heavy atom. The lowest BCUT2D eigenvalue weighted by atomic mass is 9.95. The number of hydrogen-bond acceptors (Lipinski definition) is 4. The van der Waals surface area contributed by atoms with Gasteiger partial charge in [0, 0.05) is 43.6 Å². The van der Waals surface area contributed by atoms with E-state index in [1.807, 2.05) is 32.0 Å². The van der Waals surface area contributed by atoms with Crippen LogP contribution in [0.4, 0.5) is 0 Å². The van der Waals surface area contributed by atoms with Gasteiger partial charge in [0.15, 0.2) is 11.6 Å². The molecule has 13 rings (SSSR count). The molecule has 0 radical (unpaired) electrons.